The van der Waals surface area contributed by atoms with E-state index in [9.17, 15) is 10.2 Å². The van der Waals surface area contributed by atoms with E-state index in [1.807, 2.05) is 64.1 Å². The predicted octanol–water partition coefficient (Wildman–Crippen LogP) is 13.0. The molecular weight excluding hydrogens is 752 g/mol. The molecule has 0 saturated carbocycles. The first kappa shape index (κ1) is 39.2. The van der Waals surface area contributed by atoms with Crippen molar-refractivity contribution in [1.82, 2.24) is 0 Å². The summed E-state index contributed by atoms with van der Waals surface area (Å²) < 4.78 is 6.53. The van der Waals surface area contributed by atoms with E-state index in [0.717, 1.165) is 22.3 Å². The molecule has 2 aliphatic carbocycles. The van der Waals surface area contributed by atoms with Gasteiger partial charge in [0.05, 0.1) is 0 Å². The smallest absolute Gasteiger partial charge is 0.121 e. The Hall–Kier alpha value is -4.50. The molecule has 2 aliphatic rings. The first-order valence-corrected chi connectivity index (χ1v) is 32.7. The molecule has 6 aromatic carbocycles. The standard InChI is InChI=1S/2C16H13.2C8H10O.2CH3.H2Si.Zr/c2*1-12-10-14-8-5-9-15(16(14)11-12)13-6-3-2-4-7-13;2*1-6-4-3-5-7(2)8(6)9;;;;/h2*2-11H,1H3;2*3-5,9H,1-2H3;2*1H3;1H2;. The Morgan fingerprint density at radius 3 is 1.06 bits per heavy atom. The Balaban J connectivity index is 0.000000226. The van der Waals surface area contributed by atoms with E-state index in [0.29, 0.717) is 18.8 Å². The summed E-state index contributed by atoms with van der Waals surface area (Å²) in [6.45, 7) is 14.8. The summed E-state index contributed by atoms with van der Waals surface area (Å²) in [4.78, 5) is 0. The molecule has 2 atom stereocenters. The number of hydrogen-bond acceptors (Lipinski definition) is 2. The largest absolute Gasteiger partial charge is 0.507 e. The van der Waals surface area contributed by atoms with Crippen LogP contribution in [0.5, 0.6) is 11.5 Å². The molecule has 2 unspecified atom stereocenters. The van der Waals surface area contributed by atoms with Crippen molar-refractivity contribution in [2.75, 3.05) is 0 Å². The van der Waals surface area contributed by atoms with E-state index in [1.165, 1.54) is 33.4 Å². The van der Waals surface area contributed by atoms with E-state index in [1.54, 1.807) is 22.3 Å². The van der Waals surface area contributed by atoms with E-state index in [2.05, 4.69) is 139 Å². The molecule has 0 amide bonds. The van der Waals surface area contributed by atoms with Crippen molar-refractivity contribution in [1.29, 1.82) is 0 Å². The van der Waals surface area contributed by atoms with E-state index in [-0.39, 0.29) is 0 Å². The number of fused-ring (bicyclic) bond motifs is 2. The van der Waals surface area contributed by atoms with E-state index < -0.39 is 17.4 Å². The van der Waals surface area contributed by atoms with Gasteiger partial charge in [-0.05, 0) is 49.9 Å². The molecule has 0 radical (unpaired) electrons. The third kappa shape index (κ3) is 7.70. The summed E-state index contributed by atoms with van der Waals surface area (Å²) in [6.07, 6.45) is 5.01. The second-order valence-corrected chi connectivity index (χ2v) is 46.9. The van der Waals surface area contributed by atoms with Crippen molar-refractivity contribution in [2.24, 2.45) is 0 Å². The van der Waals surface area contributed by atoms with E-state index >= 15 is 0 Å². The minimum atomic E-state index is -3.48. The van der Waals surface area contributed by atoms with E-state index in [4.69, 9.17) is 0 Å². The molecule has 0 saturated heterocycles. The summed E-state index contributed by atoms with van der Waals surface area (Å²) in [6, 6.07) is 47.2. The zero-order valence-corrected chi connectivity index (χ0v) is 37.0. The first-order valence-electron chi connectivity index (χ1n) is 19.0. The fraction of sp³-hybridized carbons (Fsp3) is 0.200. The Kier molecular flexibility index (Phi) is 11.4. The van der Waals surface area contributed by atoms with Crippen molar-refractivity contribution in [3.63, 3.8) is 0 Å². The van der Waals surface area contributed by atoms with Crippen LogP contribution in [0.15, 0.2) is 145 Å². The molecule has 274 valence electrons. The number of aromatic hydroxyl groups is 2. The number of aryl methyl sites for hydroxylation is 4. The third-order valence-corrected chi connectivity index (χ3v) is 29.4. The van der Waals surface area contributed by atoms with Gasteiger partial charge in [-0.25, -0.2) is 0 Å². The fourth-order valence-electron chi connectivity index (χ4n) is 9.14. The quantitative estimate of drug-likeness (QED) is 0.174. The molecule has 4 heteroatoms. The van der Waals surface area contributed by atoms with Gasteiger partial charge in [0.2, 0.25) is 0 Å². The van der Waals surface area contributed by atoms with Gasteiger partial charge in [-0.3, -0.25) is 0 Å². The first-order chi connectivity index (χ1) is 25.7. The number of rotatable bonds is 4. The van der Waals surface area contributed by atoms with Crippen LogP contribution in [0.25, 0.3) is 34.4 Å². The molecule has 0 aromatic heterocycles. The van der Waals surface area contributed by atoms with Crippen LogP contribution in [0, 0.1) is 27.7 Å². The van der Waals surface area contributed by atoms with Gasteiger partial charge in [-0.2, -0.15) is 0 Å². The SMILES string of the molecule is CC1=Cc2c(-c3ccccc3)cccc2[CH]1[Zr]([CH3])([CH3])(=[SiH2])[CH]1C(C)=Cc2c(-c3ccccc3)cccc21.Cc1cccc(C)c1O.Cc1cccc(C)c1O. The van der Waals surface area contributed by atoms with Crippen LogP contribution in [-0.2, 0) is 17.4 Å². The normalized spacial score (nSPS) is 15.8. The van der Waals surface area contributed by atoms with Crippen molar-refractivity contribution in [3.8, 4) is 33.8 Å². The second-order valence-electron chi connectivity index (χ2n) is 16.4. The molecule has 0 heterocycles. The Morgan fingerprint density at radius 1 is 0.426 bits per heavy atom. The summed E-state index contributed by atoms with van der Waals surface area (Å²) in [7, 11) is 0. The van der Waals surface area contributed by atoms with Crippen molar-refractivity contribution in [2.45, 2.75) is 58.1 Å². The number of phenolic OH excluding ortho intramolecular Hbond substituents is 2. The molecule has 0 aliphatic heterocycles. The Labute approximate surface area is 325 Å². The number of benzene rings is 6. The minimum Gasteiger partial charge on any atom is -0.507 e. The van der Waals surface area contributed by atoms with Crippen molar-refractivity contribution < 1.29 is 27.6 Å². The van der Waals surface area contributed by atoms with Gasteiger partial charge >= 0.3 is 220 Å². The van der Waals surface area contributed by atoms with Crippen molar-refractivity contribution >= 4 is 19.0 Å². The monoisotopic (exact) mass is 804 g/mol. The molecule has 0 spiro atoms. The van der Waals surface area contributed by atoms with Crippen LogP contribution in [0.1, 0.15) is 65.6 Å². The van der Waals surface area contributed by atoms with Gasteiger partial charge in [0.1, 0.15) is 11.5 Å². The topological polar surface area (TPSA) is 40.5 Å². The molecule has 2 nitrogen and oxygen atoms in total. The molecule has 54 heavy (non-hydrogen) atoms. The Morgan fingerprint density at radius 2 is 0.741 bits per heavy atom. The van der Waals surface area contributed by atoms with Crippen LogP contribution >= 0.6 is 0 Å². The number of hydrogen-bond donors (Lipinski definition) is 2. The minimum absolute atomic E-state index is 0.414. The summed E-state index contributed by atoms with van der Waals surface area (Å²) in [5.41, 5.74) is 18.2. The predicted molar refractivity (Wildman–Crippen MR) is 232 cm³/mol. The summed E-state index contributed by atoms with van der Waals surface area (Å²) >= 11 is -3.48. The van der Waals surface area contributed by atoms with Crippen LogP contribution in [0.2, 0.25) is 9.26 Å². The maximum absolute atomic E-state index is 9.21. The van der Waals surface area contributed by atoms with Crippen LogP contribution in [0.3, 0.4) is 0 Å². The van der Waals surface area contributed by atoms with Gasteiger partial charge < -0.3 is 10.2 Å². The number of allylic oxidation sites excluding steroid dienone is 2. The van der Waals surface area contributed by atoms with Gasteiger partial charge in [-0.1, -0.05) is 36.4 Å². The molecule has 8 rings (SSSR count). The average Bonchev–Trinajstić information content (AvgIpc) is 3.70. The zero-order valence-electron chi connectivity index (χ0n) is 33.1. The van der Waals surface area contributed by atoms with Crippen LogP contribution in [-0.4, -0.2) is 17.1 Å². The second kappa shape index (κ2) is 15.7. The summed E-state index contributed by atoms with van der Waals surface area (Å²) in [5, 5.41) is 18.4. The molecule has 2 N–H and O–H groups in total. The zero-order chi connectivity index (χ0) is 38.8. The molecule has 6 aromatic rings. The number of phenols is 2. The average molecular weight is 806 g/mol. The number of para-hydroxylation sites is 2. The fourth-order valence-corrected chi connectivity index (χ4v) is 30.4. The van der Waals surface area contributed by atoms with Crippen LogP contribution in [0.4, 0.5) is 0 Å². The maximum atomic E-state index is 9.21. The molecule has 0 bridgehead atoms. The van der Waals surface area contributed by atoms with Gasteiger partial charge in [-0.15, -0.1) is 0 Å². The van der Waals surface area contributed by atoms with Gasteiger partial charge in [0.25, 0.3) is 0 Å². The summed E-state index contributed by atoms with van der Waals surface area (Å²) in [5.74, 6) is 0.829. The molecular formula is C50H54O2SiZr. The van der Waals surface area contributed by atoms with Gasteiger partial charge in [0, 0.05) is 0 Å². The van der Waals surface area contributed by atoms with Crippen LogP contribution < -0.4 is 0 Å². The molecule has 0 fully saturated rings. The maximum Gasteiger partial charge on any atom is 0.121 e. The van der Waals surface area contributed by atoms with Crippen molar-refractivity contribution in [3.05, 3.63) is 189 Å². The Bertz CT molecular complexity index is 2240. The van der Waals surface area contributed by atoms with Gasteiger partial charge in [0.15, 0.2) is 0 Å². The third-order valence-electron chi connectivity index (χ3n) is 11.5.